The lowest BCUT2D eigenvalue weighted by Gasteiger charge is -2.33. The third kappa shape index (κ3) is 4.39. The van der Waals surface area contributed by atoms with Gasteiger partial charge < -0.3 is 5.73 Å². The van der Waals surface area contributed by atoms with Crippen LogP contribution in [0.15, 0.2) is 28.1 Å². The molecule has 1 aromatic rings. The Morgan fingerprint density at radius 3 is 2.67 bits per heavy atom. The molecule has 1 saturated heterocycles. The SMILES string of the molecule is Cc1ccc(S(=O)(=O)O)c([N+]2(N)CCN=C2CCC(N)N2CCCCC2)c1. The van der Waals surface area contributed by atoms with E-state index in [2.05, 4.69) is 9.89 Å². The molecule has 2 aliphatic rings. The van der Waals surface area contributed by atoms with E-state index in [0.717, 1.165) is 18.7 Å². The van der Waals surface area contributed by atoms with Gasteiger partial charge in [0.2, 0.25) is 5.84 Å². The number of nitrogens with zero attached hydrogens (tertiary/aromatic N) is 3. The molecular formula is C18H30N5O3S+. The summed E-state index contributed by atoms with van der Waals surface area (Å²) in [4.78, 5) is 6.68. The van der Waals surface area contributed by atoms with Crippen LogP contribution in [0, 0.1) is 6.92 Å². The van der Waals surface area contributed by atoms with Gasteiger partial charge in [-0.25, -0.2) is 4.99 Å². The molecule has 2 aliphatic heterocycles. The van der Waals surface area contributed by atoms with Crippen molar-refractivity contribution in [2.75, 3.05) is 26.2 Å². The summed E-state index contributed by atoms with van der Waals surface area (Å²) in [6, 6.07) is 4.77. The molecule has 0 bridgehead atoms. The van der Waals surface area contributed by atoms with Gasteiger partial charge in [-0.3, -0.25) is 9.45 Å². The zero-order valence-electron chi connectivity index (χ0n) is 15.8. The summed E-state index contributed by atoms with van der Waals surface area (Å²) in [7, 11) is -4.38. The molecule has 27 heavy (non-hydrogen) atoms. The number of rotatable bonds is 6. The molecular weight excluding hydrogens is 366 g/mol. The van der Waals surface area contributed by atoms with Crippen LogP contribution in [0.3, 0.4) is 0 Å². The van der Waals surface area contributed by atoms with E-state index in [1.54, 1.807) is 12.1 Å². The molecule has 3 rings (SSSR count). The molecule has 0 aromatic heterocycles. The van der Waals surface area contributed by atoms with Gasteiger partial charge in [-0.1, -0.05) is 12.5 Å². The van der Waals surface area contributed by atoms with Crippen molar-refractivity contribution < 1.29 is 13.0 Å². The first-order chi connectivity index (χ1) is 12.7. The normalized spacial score (nSPS) is 25.4. The summed E-state index contributed by atoms with van der Waals surface area (Å²) in [6.45, 7) is 4.87. The van der Waals surface area contributed by atoms with Crippen molar-refractivity contribution in [3.05, 3.63) is 23.8 Å². The molecule has 8 nitrogen and oxygen atoms in total. The Kier molecular flexibility index (Phi) is 5.99. The zero-order valence-corrected chi connectivity index (χ0v) is 16.7. The highest BCUT2D eigenvalue weighted by molar-refractivity contribution is 7.86. The largest absolute Gasteiger partial charge is 0.316 e. The first-order valence-electron chi connectivity index (χ1n) is 9.51. The van der Waals surface area contributed by atoms with Crippen molar-refractivity contribution in [1.82, 2.24) is 9.49 Å². The Morgan fingerprint density at radius 1 is 1.30 bits per heavy atom. The summed E-state index contributed by atoms with van der Waals surface area (Å²) >= 11 is 0. The second-order valence-electron chi connectivity index (χ2n) is 7.54. The molecule has 0 spiro atoms. The molecule has 2 atom stereocenters. The van der Waals surface area contributed by atoms with Crippen LogP contribution in [-0.4, -0.2) is 56.1 Å². The van der Waals surface area contributed by atoms with E-state index in [9.17, 15) is 13.0 Å². The van der Waals surface area contributed by atoms with Crippen LogP contribution in [0.4, 0.5) is 5.69 Å². The maximum absolute atomic E-state index is 11.9. The van der Waals surface area contributed by atoms with Gasteiger partial charge in [0.1, 0.15) is 6.54 Å². The van der Waals surface area contributed by atoms with Gasteiger partial charge in [-0.15, -0.1) is 0 Å². The van der Waals surface area contributed by atoms with Gasteiger partial charge >= 0.3 is 10.1 Å². The quantitative estimate of drug-likeness (QED) is 0.379. The number of quaternary nitrogens is 1. The minimum absolute atomic E-state index is 0.0550. The molecule has 2 heterocycles. The van der Waals surface area contributed by atoms with Gasteiger partial charge in [0, 0.05) is 12.5 Å². The first-order valence-corrected chi connectivity index (χ1v) is 10.9. The van der Waals surface area contributed by atoms with E-state index in [0.29, 0.717) is 37.5 Å². The molecule has 0 amide bonds. The Balaban J connectivity index is 1.81. The minimum atomic E-state index is -4.38. The molecule has 1 aromatic carbocycles. The Labute approximate surface area is 161 Å². The average molecular weight is 397 g/mol. The standard InChI is InChI=1S/C18H29N5O3S/c1-14-5-6-16(27(24,25)26)15(13-14)23(20)12-9-21-18(23)8-7-17(19)22-10-3-2-4-11-22/h5-6,13,17H,2-4,7-12,19-20H2,1H3/p+1. The highest BCUT2D eigenvalue weighted by atomic mass is 32.2. The fourth-order valence-electron chi connectivity index (χ4n) is 4.00. The third-order valence-corrected chi connectivity index (χ3v) is 6.45. The van der Waals surface area contributed by atoms with Crippen molar-refractivity contribution in [1.29, 1.82) is 0 Å². The number of piperidine rings is 1. The molecule has 2 unspecified atom stereocenters. The Hall–Kier alpha value is -1.36. The highest BCUT2D eigenvalue weighted by Crippen LogP contribution is 2.32. The predicted molar refractivity (Wildman–Crippen MR) is 107 cm³/mol. The van der Waals surface area contributed by atoms with Crippen LogP contribution in [-0.2, 0) is 10.1 Å². The molecule has 0 saturated carbocycles. The van der Waals surface area contributed by atoms with Gasteiger partial charge in [0.15, 0.2) is 10.6 Å². The van der Waals surface area contributed by atoms with Gasteiger partial charge in [-0.2, -0.15) is 18.9 Å². The number of nitrogens with two attached hydrogens (primary N) is 2. The summed E-state index contributed by atoms with van der Waals surface area (Å²) in [5, 5.41) is 0. The van der Waals surface area contributed by atoms with Crippen molar-refractivity contribution in [2.24, 2.45) is 16.6 Å². The second kappa shape index (κ2) is 7.94. The lowest BCUT2D eigenvalue weighted by Crippen LogP contribution is -2.59. The zero-order chi connectivity index (χ0) is 19.7. The van der Waals surface area contributed by atoms with Crippen molar-refractivity contribution in [3.63, 3.8) is 0 Å². The van der Waals surface area contributed by atoms with E-state index in [1.807, 2.05) is 6.92 Å². The van der Waals surface area contributed by atoms with Crippen molar-refractivity contribution in [2.45, 2.75) is 50.1 Å². The average Bonchev–Trinajstić information content (AvgIpc) is 3.01. The molecule has 1 fully saturated rings. The molecule has 0 radical (unpaired) electrons. The van der Waals surface area contributed by atoms with Crippen LogP contribution < -0.4 is 16.2 Å². The van der Waals surface area contributed by atoms with E-state index in [1.165, 1.54) is 25.3 Å². The van der Waals surface area contributed by atoms with Crippen LogP contribution in [0.2, 0.25) is 0 Å². The second-order valence-corrected chi connectivity index (χ2v) is 8.93. The molecule has 150 valence electrons. The monoisotopic (exact) mass is 396 g/mol. The summed E-state index contributed by atoms with van der Waals surface area (Å²) in [6.07, 6.45) is 4.85. The van der Waals surface area contributed by atoms with E-state index < -0.39 is 10.1 Å². The molecule has 5 N–H and O–H groups in total. The molecule has 0 aliphatic carbocycles. The number of hydrogen-bond donors (Lipinski definition) is 3. The summed E-state index contributed by atoms with van der Waals surface area (Å²) < 4.78 is 33.2. The highest BCUT2D eigenvalue weighted by Gasteiger charge is 2.42. The Morgan fingerprint density at radius 2 is 2.00 bits per heavy atom. The third-order valence-electron chi connectivity index (χ3n) is 5.55. The van der Waals surface area contributed by atoms with Crippen LogP contribution in [0.25, 0.3) is 0 Å². The predicted octanol–water partition coefficient (Wildman–Crippen LogP) is 1.39. The lowest BCUT2D eigenvalue weighted by molar-refractivity contribution is 0.159. The van der Waals surface area contributed by atoms with E-state index in [4.69, 9.17) is 11.6 Å². The minimum Gasteiger partial charge on any atom is -0.316 e. The summed E-state index contributed by atoms with van der Waals surface area (Å²) in [5.41, 5.74) is 7.60. The van der Waals surface area contributed by atoms with Crippen LogP contribution >= 0.6 is 0 Å². The number of benzene rings is 1. The summed E-state index contributed by atoms with van der Waals surface area (Å²) in [5.74, 6) is 7.34. The number of aliphatic imine (C=N–C) groups is 1. The maximum atomic E-state index is 11.9. The maximum Gasteiger partial charge on any atom is 0.300 e. The number of likely N-dealkylation sites (tertiary alicyclic amines) is 1. The fraction of sp³-hybridized carbons (Fsp3) is 0.611. The van der Waals surface area contributed by atoms with Crippen molar-refractivity contribution in [3.8, 4) is 0 Å². The first kappa shape index (κ1) is 20.4. The van der Waals surface area contributed by atoms with Gasteiger partial charge in [0.25, 0.3) is 0 Å². The fourth-order valence-corrected chi connectivity index (χ4v) is 4.72. The van der Waals surface area contributed by atoms with E-state index in [-0.39, 0.29) is 15.7 Å². The number of aryl methyl sites for hydroxylation is 1. The Bertz CT molecular complexity index is 820. The smallest absolute Gasteiger partial charge is 0.300 e. The van der Waals surface area contributed by atoms with Crippen molar-refractivity contribution >= 4 is 21.6 Å². The number of amidine groups is 1. The van der Waals surface area contributed by atoms with E-state index >= 15 is 0 Å². The van der Waals surface area contributed by atoms with Gasteiger partial charge in [0.05, 0.1) is 12.7 Å². The van der Waals surface area contributed by atoms with Crippen LogP contribution in [0.1, 0.15) is 37.7 Å². The lowest BCUT2D eigenvalue weighted by atomic mass is 10.1. The van der Waals surface area contributed by atoms with Gasteiger partial charge in [-0.05, 0) is 50.9 Å². The molecule has 9 heteroatoms. The van der Waals surface area contributed by atoms with Crippen LogP contribution in [0.5, 0.6) is 0 Å². The topological polar surface area (TPSA) is 122 Å². The number of hydrogen-bond acceptors (Lipinski definition) is 6.